The van der Waals surface area contributed by atoms with Crippen molar-refractivity contribution in [3.05, 3.63) is 65.4 Å². The Bertz CT molecular complexity index is 1080. The minimum absolute atomic E-state index is 0.0315. The highest BCUT2D eigenvalue weighted by Crippen LogP contribution is 2.31. The Morgan fingerprint density at radius 3 is 2.43 bits per heavy atom. The molecule has 156 valence electrons. The second-order valence-electron chi connectivity index (χ2n) is 7.16. The molecule has 2 aromatic carbocycles. The molecule has 0 unspecified atom stereocenters. The van der Waals surface area contributed by atoms with Crippen molar-refractivity contribution in [1.82, 2.24) is 4.57 Å². The lowest BCUT2D eigenvalue weighted by molar-refractivity contribution is -0.137. The summed E-state index contributed by atoms with van der Waals surface area (Å²) in [5.74, 6) is -1.33. The first-order valence-electron chi connectivity index (χ1n) is 10.0. The third kappa shape index (κ3) is 4.59. The maximum atomic E-state index is 12.8. The van der Waals surface area contributed by atoms with Crippen molar-refractivity contribution in [3.63, 3.8) is 0 Å². The number of hydrogen-bond donors (Lipinski definition) is 1. The number of hydrogen-bond acceptors (Lipinski definition) is 4. The number of Topliss-reactive ketones (excluding diaryl/α,β-unsaturated/α-hetero) is 2. The number of carboxylic acids is 1. The van der Waals surface area contributed by atoms with Gasteiger partial charge in [0.25, 0.3) is 0 Å². The van der Waals surface area contributed by atoms with Crippen LogP contribution in [0.1, 0.15) is 48.3 Å². The molecule has 0 saturated heterocycles. The lowest BCUT2D eigenvalue weighted by Crippen LogP contribution is -2.13. The van der Waals surface area contributed by atoms with E-state index in [2.05, 4.69) is 4.57 Å². The first-order chi connectivity index (χ1) is 14.4. The first kappa shape index (κ1) is 21.3. The summed E-state index contributed by atoms with van der Waals surface area (Å²) in [6, 6.07) is 15.4. The Morgan fingerprint density at radius 1 is 1.07 bits per heavy atom. The van der Waals surface area contributed by atoms with Crippen molar-refractivity contribution in [1.29, 1.82) is 0 Å². The van der Waals surface area contributed by atoms with E-state index in [0.717, 1.165) is 16.8 Å². The van der Waals surface area contributed by atoms with Gasteiger partial charge in [-0.25, -0.2) is 0 Å². The van der Waals surface area contributed by atoms with Gasteiger partial charge in [-0.1, -0.05) is 37.3 Å². The standard InChI is InChI=1S/C24H25NO5/c1-3-20-23(24(29)16(2)26)19-14-18(30-13-7-10-22(27)28)11-12-21(19)25(20)15-17-8-5-4-6-9-17/h4-6,8-9,11-12,14H,3,7,10,13,15H2,1-2H3,(H,27,28). The second-order valence-corrected chi connectivity index (χ2v) is 7.16. The number of carbonyl (C=O) groups excluding carboxylic acids is 2. The smallest absolute Gasteiger partial charge is 0.303 e. The van der Waals surface area contributed by atoms with Gasteiger partial charge < -0.3 is 14.4 Å². The predicted octanol–water partition coefficient (Wildman–Crippen LogP) is 4.27. The maximum absolute atomic E-state index is 12.8. The van der Waals surface area contributed by atoms with E-state index in [1.165, 1.54) is 6.92 Å². The molecule has 0 saturated carbocycles. The molecule has 0 aliphatic heterocycles. The molecule has 0 spiro atoms. The molecule has 1 heterocycles. The van der Waals surface area contributed by atoms with Crippen LogP contribution in [0.3, 0.4) is 0 Å². The number of carbonyl (C=O) groups is 3. The van der Waals surface area contributed by atoms with E-state index < -0.39 is 17.5 Å². The van der Waals surface area contributed by atoms with E-state index in [9.17, 15) is 14.4 Å². The van der Waals surface area contributed by atoms with Crippen LogP contribution in [0.15, 0.2) is 48.5 Å². The highest BCUT2D eigenvalue weighted by molar-refractivity contribution is 6.45. The van der Waals surface area contributed by atoms with Crippen LogP contribution < -0.4 is 4.74 Å². The fourth-order valence-electron chi connectivity index (χ4n) is 3.63. The number of nitrogens with zero attached hydrogens (tertiary/aromatic N) is 1. The molecule has 0 fully saturated rings. The van der Waals surface area contributed by atoms with Gasteiger partial charge in [0.1, 0.15) is 5.75 Å². The van der Waals surface area contributed by atoms with Crippen LogP contribution in [0.2, 0.25) is 0 Å². The largest absolute Gasteiger partial charge is 0.494 e. The van der Waals surface area contributed by atoms with Gasteiger partial charge in [0.15, 0.2) is 5.78 Å². The molecule has 1 N–H and O–H groups in total. The quantitative estimate of drug-likeness (QED) is 0.308. The molecule has 0 aliphatic carbocycles. The number of ether oxygens (including phenoxy) is 1. The van der Waals surface area contributed by atoms with E-state index in [4.69, 9.17) is 9.84 Å². The first-order valence-corrected chi connectivity index (χ1v) is 10.0. The zero-order valence-corrected chi connectivity index (χ0v) is 17.2. The number of carboxylic acid groups (broad SMARTS) is 1. The molecule has 0 amide bonds. The van der Waals surface area contributed by atoms with Crippen LogP contribution in [0.5, 0.6) is 5.75 Å². The van der Waals surface area contributed by atoms with Crippen LogP contribution in [-0.4, -0.2) is 33.8 Å². The van der Waals surface area contributed by atoms with Crippen LogP contribution in [-0.2, 0) is 22.6 Å². The Balaban J connectivity index is 2.05. The maximum Gasteiger partial charge on any atom is 0.303 e. The number of rotatable bonds is 10. The van der Waals surface area contributed by atoms with Gasteiger partial charge in [-0.2, -0.15) is 0 Å². The summed E-state index contributed by atoms with van der Waals surface area (Å²) in [4.78, 5) is 35.4. The summed E-state index contributed by atoms with van der Waals surface area (Å²) in [6.07, 6.45) is 1.02. The molecule has 0 radical (unpaired) electrons. The van der Waals surface area contributed by atoms with E-state index in [1.54, 1.807) is 6.07 Å². The second kappa shape index (κ2) is 9.39. The minimum atomic E-state index is -0.867. The molecule has 0 atom stereocenters. The molecule has 6 nitrogen and oxygen atoms in total. The van der Waals surface area contributed by atoms with Crippen LogP contribution in [0.25, 0.3) is 10.9 Å². The normalized spacial score (nSPS) is 10.9. The number of fused-ring (bicyclic) bond motifs is 1. The van der Waals surface area contributed by atoms with Crippen LogP contribution in [0.4, 0.5) is 0 Å². The molecule has 0 aliphatic rings. The van der Waals surface area contributed by atoms with Crippen molar-refractivity contribution >= 4 is 28.4 Å². The number of ketones is 2. The predicted molar refractivity (Wildman–Crippen MR) is 114 cm³/mol. The van der Waals surface area contributed by atoms with E-state index in [-0.39, 0.29) is 13.0 Å². The Labute approximate surface area is 175 Å². The number of aromatic nitrogens is 1. The van der Waals surface area contributed by atoms with Gasteiger partial charge in [-0.3, -0.25) is 14.4 Å². The highest BCUT2D eigenvalue weighted by Gasteiger charge is 2.24. The van der Waals surface area contributed by atoms with E-state index in [1.807, 2.05) is 49.4 Å². The molecule has 0 bridgehead atoms. The topological polar surface area (TPSA) is 85.6 Å². The van der Waals surface area contributed by atoms with Gasteiger partial charge in [0.2, 0.25) is 5.78 Å². The molecule has 30 heavy (non-hydrogen) atoms. The highest BCUT2D eigenvalue weighted by atomic mass is 16.5. The Hall–Kier alpha value is -3.41. The summed E-state index contributed by atoms with van der Waals surface area (Å²) in [5.41, 5.74) is 3.20. The molecular weight excluding hydrogens is 382 g/mol. The van der Waals surface area contributed by atoms with Crippen LogP contribution in [0, 0.1) is 0 Å². The lowest BCUT2D eigenvalue weighted by atomic mass is 10.0. The summed E-state index contributed by atoms with van der Waals surface area (Å²) in [5, 5.41) is 9.43. The van der Waals surface area contributed by atoms with Crippen molar-refractivity contribution in [2.24, 2.45) is 0 Å². The summed E-state index contributed by atoms with van der Waals surface area (Å²) in [7, 11) is 0. The van der Waals surface area contributed by atoms with Crippen molar-refractivity contribution < 1.29 is 24.2 Å². The molecule has 3 rings (SSSR count). The van der Waals surface area contributed by atoms with Gasteiger partial charge in [0.05, 0.1) is 12.2 Å². The van der Waals surface area contributed by atoms with E-state index >= 15 is 0 Å². The minimum Gasteiger partial charge on any atom is -0.494 e. The molecule has 6 heteroatoms. The fourth-order valence-corrected chi connectivity index (χ4v) is 3.63. The van der Waals surface area contributed by atoms with Crippen LogP contribution >= 0.6 is 0 Å². The van der Waals surface area contributed by atoms with Gasteiger partial charge in [0, 0.05) is 36.5 Å². The van der Waals surface area contributed by atoms with Crippen molar-refractivity contribution in [2.75, 3.05) is 6.61 Å². The third-order valence-electron chi connectivity index (χ3n) is 5.01. The summed E-state index contributed by atoms with van der Waals surface area (Å²) in [6.45, 7) is 4.11. The average molecular weight is 407 g/mol. The molecular formula is C24H25NO5. The third-order valence-corrected chi connectivity index (χ3v) is 5.01. The SMILES string of the molecule is CCc1c(C(=O)C(C)=O)c2cc(OCCCC(=O)O)ccc2n1Cc1ccccc1. The van der Waals surface area contributed by atoms with Gasteiger partial charge in [-0.15, -0.1) is 0 Å². The van der Waals surface area contributed by atoms with Crippen molar-refractivity contribution in [2.45, 2.75) is 39.7 Å². The monoisotopic (exact) mass is 407 g/mol. The summed E-state index contributed by atoms with van der Waals surface area (Å²) >= 11 is 0. The Kier molecular flexibility index (Phi) is 6.67. The Morgan fingerprint density at radius 2 is 1.80 bits per heavy atom. The number of benzene rings is 2. The van der Waals surface area contributed by atoms with Crippen molar-refractivity contribution in [3.8, 4) is 5.75 Å². The molecule has 3 aromatic rings. The average Bonchev–Trinajstić information content (AvgIpc) is 3.03. The lowest BCUT2D eigenvalue weighted by Gasteiger charge is -2.11. The number of aliphatic carboxylic acids is 1. The zero-order valence-electron chi connectivity index (χ0n) is 17.2. The molecule has 1 aromatic heterocycles. The van der Waals surface area contributed by atoms with Gasteiger partial charge in [-0.05, 0) is 36.6 Å². The zero-order chi connectivity index (χ0) is 21.7. The van der Waals surface area contributed by atoms with E-state index in [0.29, 0.717) is 36.1 Å². The summed E-state index contributed by atoms with van der Waals surface area (Å²) < 4.78 is 7.77. The van der Waals surface area contributed by atoms with Gasteiger partial charge >= 0.3 is 5.97 Å². The fraction of sp³-hybridized carbons (Fsp3) is 0.292.